The molecule has 0 aliphatic rings. The topological polar surface area (TPSA) is 37.8 Å². The zero-order valence-corrected chi connectivity index (χ0v) is 8.80. The first-order valence-electron chi connectivity index (χ1n) is 3.90. The van der Waals surface area contributed by atoms with Gasteiger partial charge in [-0.15, -0.1) is 0 Å². The van der Waals surface area contributed by atoms with E-state index in [1.54, 1.807) is 0 Å². The van der Waals surface area contributed by atoms with E-state index in [1.165, 1.54) is 6.33 Å². The molecule has 0 radical (unpaired) electrons. The van der Waals surface area contributed by atoms with Crippen molar-refractivity contribution in [2.45, 2.75) is 13.8 Å². The van der Waals surface area contributed by atoms with E-state index in [1.807, 2.05) is 6.07 Å². The first-order valence-corrected chi connectivity index (χ1v) is 4.69. The lowest BCUT2D eigenvalue weighted by Crippen LogP contribution is -2.09. The lowest BCUT2D eigenvalue weighted by Gasteiger charge is -2.07. The quantitative estimate of drug-likeness (QED) is 0.809. The number of nitrogens with one attached hydrogen (secondary N) is 1. The van der Waals surface area contributed by atoms with Crippen LogP contribution in [0.15, 0.2) is 17.0 Å². The van der Waals surface area contributed by atoms with Gasteiger partial charge in [0, 0.05) is 12.6 Å². The van der Waals surface area contributed by atoms with Crippen LogP contribution in [0.5, 0.6) is 0 Å². The van der Waals surface area contributed by atoms with Crippen molar-refractivity contribution in [3.8, 4) is 0 Å². The maximum Gasteiger partial charge on any atom is 0.130 e. The summed E-state index contributed by atoms with van der Waals surface area (Å²) in [6, 6.07) is 1.86. The molecule has 1 aromatic rings. The van der Waals surface area contributed by atoms with E-state index in [4.69, 9.17) is 0 Å². The number of anilines is 1. The Kier molecular flexibility index (Phi) is 3.47. The maximum absolute atomic E-state index is 4.06. The molecule has 0 saturated heterocycles. The Bertz CT molecular complexity index is 250. The lowest BCUT2D eigenvalue weighted by molar-refractivity contribution is 0.686. The van der Waals surface area contributed by atoms with E-state index in [-0.39, 0.29) is 0 Å². The molecule has 0 aliphatic carbocycles. The molecule has 12 heavy (non-hydrogen) atoms. The first-order chi connectivity index (χ1) is 5.68. The molecule has 0 aromatic carbocycles. The SMILES string of the molecule is CC(C)CNc1cc(Br)ncn1. The monoisotopic (exact) mass is 229 g/mol. The van der Waals surface area contributed by atoms with Gasteiger partial charge in [-0.05, 0) is 21.8 Å². The molecule has 0 atom stereocenters. The molecule has 0 bridgehead atoms. The third kappa shape index (κ3) is 3.17. The molecule has 0 saturated carbocycles. The molecular weight excluding hydrogens is 218 g/mol. The van der Waals surface area contributed by atoms with Crippen LogP contribution >= 0.6 is 15.9 Å². The van der Waals surface area contributed by atoms with Crippen LogP contribution in [-0.2, 0) is 0 Å². The van der Waals surface area contributed by atoms with Gasteiger partial charge in [-0.1, -0.05) is 13.8 Å². The predicted molar refractivity (Wildman–Crippen MR) is 53.1 cm³/mol. The Balaban J connectivity index is 2.52. The standard InChI is InChI=1S/C8H12BrN3/c1-6(2)4-10-8-3-7(9)11-5-12-8/h3,5-6H,4H2,1-2H3,(H,10,11,12). The van der Waals surface area contributed by atoms with Gasteiger partial charge in [0.2, 0.25) is 0 Å². The number of hydrogen-bond donors (Lipinski definition) is 1. The summed E-state index contributed by atoms with van der Waals surface area (Å²) in [5.74, 6) is 1.49. The lowest BCUT2D eigenvalue weighted by atomic mass is 10.2. The van der Waals surface area contributed by atoms with Crippen molar-refractivity contribution in [3.05, 3.63) is 17.0 Å². The van der Waals surface area contributed by atoms with Gasteiger partial charge in [0.1, 0.15) is 16.7 Å². The molecule has 1 heterocycles. The molecule has 0 unspecified atom stereocenters. The second-order valence-corrected chi connectivity index (χ2v) is 3.81. The second-order valence-electron chi connectivity index (χ2n) is 3.00. The number of rotatable bonds is 3. The third-order valence-corrected chi connectivity index (χ3v) is 1.76. The van der Waals surface area contributed by atoms with Gasteiger partial charge < -0.3 is 5.32 Å². The summed E-state index contributed by atoms with van der Waals surface area (Å²) < 4.78 is 0.809. The highest BCUT2D eigenvalue weighted by Crippen LogP contribution is 2.09. The Labute approximate surface area is 80.7 Å². The van der Waals surface area contributed by atoms with Crippen LogP contribution in [0.2, 0.25) is 0 Å². The summed E-state index contributed by atoms with van der Waals surface area (Å²) in [6.07, 6.45) is 1.53. The smallest absolute Gasteiger partial charge is 0.130 e. The highest BCUT2D eigenvalue weighted by molar-refractivity contribution is 9.10. The van der Waals surface area contributed by atoms with Crippen molar-refractivity contribution < 1.29 is 0 Å². The van der Waals surface area contributed by atoms with Gasteiger partial charge in [0.25, 0.3) is 0 Å². The highest BCUT2D eigenvalue weighted by atomic mass is 79.9. The number of nitrogens with zero attached hydrogens (tertiary/aromatic N) is 2. The Morgan fingerprint density at radius 3 is 2.83 bits per heavy atom. The van der Waals surface area contributed by atoms with Crippen LogP contribution in [0, 0.1) is 5.92 Å². The van der Waals surface area contributed by atoms with E-state index in [0.29, 0.717) is 5.92 Å². The molecule has 0 amide bonds. The molecular formula is C8H12BrN3. The molecule has 4 heteroatoms. The molecule has 0 fully saturated rings. The average Bonchev–Trinajstić information content (AvgIpc) is 2.01. The fourth-order valence-corrected chi connectivity index (χ4v) is 1.05. The maximum atomic E-state index is 4.06. The van der Waals surface area contributed by atoms with Gasteiger partial charge in [0.05, 0.1) is 0 Å². The van der Waals surface area contributed by atoms with Crippen LogP contribution in [-0.4, -0.2) is 16.5 Å². The Hall–Kier alpha value is -0.640. The third-order valence-electron chi connectivity index (χ3n) is 1.33. The van der Waals surface area contributed by atoms with E-state index in [9.17, 15) is 0 Å². The molecule has 1 aromatic heterocycles. The van der Waals surface area contributed by atoms with Crippen LogP contribution in [0.3, 0.4) is 0 Å². The minimum atomic E-state index is 0.624. The zero-order chi connectivity index (χ0) is 8.97. The molecule has 0 aliphatic heterocycles. The van der Waals surface area contributed by atoms with Crippen molar-refractivity contribution in [2.75, 3.05) is 11.9 Å². The Morgan fingerprint density at radius 2 is 2.25 bits per heavy atom. The van der Waals surface area contributed by atoms with Crippen molar-refractivity contribution in [1.82, 2.24) is 9.97 Å². The van der Waals surface area contributed by atoms with Gasteiger partial charge in [-0.25, -0.2) is 9.97 Å². The fourth-order valence-electron chi connectivity index (χ4n) is 0.739. The van der Waals surface area contributed by atoms with Crippen LogP contribution < -0.4 is 5.32 Å². The molecule has 3 nitrogen and oxygen atoms in total. The van der Waals surface area contributed by atoms with Gasteiger partial charge in [0.15, 0.2) is 0 Å². The van der Waals surface area contributed by atoms with Crippen molar-refractivity contribution >= 4 is 21.7 Å². The molecule has 66 valence electrons. The van der Waals surface area contributed by atoms with E-state index >= 15 is 0 Å². The van der Waals surface area contributed by atoms with Crippen LogP contribution in [0.4, 0.5) is 5.82 Å². The van der Waals surface area contributed by atoms with Crippen molar-refractivity contribution in [2.24, 2.45) is 5.92 Å². The second kappa shape index (κ2) is 4.40. The number of aromatic nitrogens is 2. The van der Waals surface area contributed by atoms with E-state index in [2.05, 4.69) is 45.1 Å². The minimum Gasteiger partial charge on any atom is -0.370 e. The van der Waals surface area contributed by atoms with Crippen molar-refractivity contribution in [1.29, 1.82) is 0 Å². The predicted octanol–water partition coefficient (Wildman–Crippen LogP) is 2.31. The van der Waals surface area contributed by atoms with Gasteiger partial charge in [-0.3, -0.25) is 0 Å². The van der Waals surface area contributed by atoms with Gasteiger partial charge in [-0.2, -0.15) is 0 Å². The Morgan fingerprint density at radius 1 is 1.50 bits per heavy atom. The highest BCUT2D eigenvalue weighted by Gasteiger charge is 1.96. The van der Waals surface area contributed by atoms with Crippen molar-refractivity contribution in [3.63, 3.8) is 0 Å². The summed E-state index contributed by atoms with van der Waals surface area (Å²) in [6.45, 7) is 5.25. The van der Waals surface area contributed by atoms with Crippen LogP contribution in [0.25, 0.3) is 0 Å². The summed E-state index contributed by atoms with van der Waals surface area (Å²) in [4.78, 5) is 7.99. The number of halogens is 1. The zero-order valence-electron chi connectivity index (χ0n) is 7.21. The summed E-state index contributed by atoms with van der Waals surface area (Å²) in [7, 11) is 0. The summed E-state index contributed by atoms with van der Waals surface area (Å²) in [5.41, 5.74) is 0. The first kappa shape index (κ1) is 9.45. The van der Waals surface area contributed by atoms with E-state index < -0.39 is 0 Å². The van der Waals surface area contributed by atoms with E-state index in [0.717, 1.165) is 17.0 Å². The van der Waals surface area contributed by atoms with Crippen LogP contribution in [0.1, 0.15) is 13.8 Å². The molecule has 1 N–H and O–H groups in total. The summed E-state index contributed by atoms with van der Waals surface area (Å²) >= 11 is 3.28. The molecule has 1 rings (SSSR count). The largest absolute Gasteiger partial charge is 0.370 e. The summed E-state index contributed by atoms with van der Waals surface area (Å²) in [5, 5.41) is 3.20. The molecule has 0 spiro atoms. The average molecular weight is 230 g/mol. The number of hydrogen-bond acceptors (Lipinski definition) is 3. The fraction of sp³-hybridized carbons (Fsp3) is 0.500. The van der Waals surface area contributed by atoms with Gasteiger partial charge >= 0.3 is 0 Å². The normalized spacial score (nSPS) is 10.3. The minimum absolute atomic E-state index is 0.624.